The van der Waals surface area contributed by atoms with Crippen LogP contribution in [0, 0.1) is 11.3 Å². The molecule has 2 atom stereocenters. The summed E-state index contributed by atoms with van der Waals surface area (Å²) in [5, 5.41) is 19.0. The van der Waals surface area contributed by atoms with Gasteiger partial charge in [-0.15, -0.1) is 0 Å². The lowest BCUT2D eigenvalue weighted by Gasteiger charge is -2.41. The monoisotopic (exact) mass is 589 g/mol. The van der Waals surface area contributed by atoms with Gasteiger partial charge in [0.15, 0.2) is 0 Å². The molecule has 5 rings (SSSR count). The molecule has 226 valence electrons. The number of rotatable bonds is 7. The van der Waals surface area contributed by atoms with Gasteiger partial charge in [0.1, 0.15) is 23.7 Å². The van der Waals surface area contributed by atoms with Gasteiger partial charge in [-0.1, -0.05) is 6.07 Å². The molecule has 3 aliphatic rings. The Balaban J connectivity index is 1.50. The Bertz CT molecular complexity index is 1350. The molecule has 42 heavy (non-hydrogen) atoms. The molecule has 1 N–H and O–H groups in total. The van der Waals surface area contributed by atoms with E-state index >= 15 is 0 Å². The lowest BCUT2D eigenvalue weighted by Crippen LogP contribution is -2.55. The summed E-state index contributed by atoms with van der Waals surface area (Å²) in [7, 11) is 3.25. The van der Waals surface area contributed by atoms with E-state index < -0.39 is 23.9 Å². The van der Waals surface area contributed by atoms with Crippen LogP contribution < -0.4 is 19.3 Å². The van der Waals surface area contributed by atoms with E-state index in [9.17, 15) is 28.3 Å². The molecule has 0 spiro atoms. The van der Waals surface area contributed by atoms with E-state index in [4.69, 9.17) is 14.5 Å². The minimum absolute atomic E-state index is 0.00636. The van der Waals surface area contributed by atoms with Crippen molar-refractivity contribution in [2.45, 2.75) is 50.5 Å². The zero-order valence-electron chi connectivity index (χ0n) is 23.6. The van der Waals surface area contributed by atoms with Gasteiger partial charge < -0.3 is 34.2 Å². The molecule has 1 amide bonds. The molecule has 0 radical (unpaired) electrons. The van der Waals surface area contributed by atoms with Crippen LogP contribution >= 0.6 is 0 Å². The lowest BCUT2D eigenvalue weighted by atomic mass is 10.0. The molecule has 1 aromatic carbocycles. The third-order valence-electron chi connectivity index (χ3n) is 8.30. The number of hydrogen-bond acceptors (Lipinski definition) is 9. The molecule has 0 bridgehead atoms. The number of fused-ring (bicyclic) bond motifs is 1. The van der Waals surface area contributed by atoms with Gasteiger partial charge in [-0.2, -0.15) is 28.4 Å². The first-order valence-electron chi connectivity index (χ1n) is 13.9. The highest BCUT2D eigenvalue weighted by Crippen LogP contribution is 2.44. The summed E-state index contributed by atoms with van der Waals surface area (Å²) in [4.78, 5) is 28.3. The average molecular weight is 590 g/mol. The second-order valence-corrected chi connectivity index (χ2v) is 10.8. The number of ether oxygens (including phenoxy) is 2. The molecule has 2 fully saturated rings. The van der Waals surface area contributed by atoms with Crippen LogP contribution in [0.1, 0.15) is 36.1 Å². The minimum Gasteiger partial charge on any atom is -0.496 e. The predicted octanol–water partition coefficient (Wildman–Crippen LogP) is 3.62. The van der Waals surface area contributed by atoms with Crippen LogP contribution in [0.5, 0.6) is 11.8 Å². The van der Waals surface area contributed by atoms with Crippen LogP contribution in [0.3, 0.4) is 0 Å². The zero-order chi connectivity index (χ0) is 30.0. The summed E-state index contributed by atoms with van der Waals surface area (Å²) in [5.41, 5.74) is 0.504. The van der Waals surface area contributed by atoms with Crippen molar-refractivity contribution in [1.29, 1.82) is 5.26 Å². The standard InChI is InChI=1S/C28H34F3N7O4/c1-35-11-4-5-19(35)17-42-26-33-21-16-36(22-6-3-7-23(41-2)24(22)28(29,30)31)12-9-20(21)25(34-26)37-13-14-38(27(39)40)18(15-37)8-10-32/h3,6-7,18-19H,4-5,8-9,11-17H2,1-2H3,(H,39,40)/t18-,19-/m0/s1. The van der Waals surface area contributed by atoms with Crippen molar-refractivity contribution >= 4 is 17.6 Å². The highest BCUT2D eigenvalue weighted by Gasteiger charge is 2.40. The summed E-state index contributed by atoms with van der Waals surface area (Å²) in [5.74, 6) is 0.322. The van der Waals surface area contributed by atoms with Crippen LogP contribution in [-0.4, -0.2) is 96.5 Å². The first-order valence-corrected chi connectivity index (χ1v) is 13.9. The molecule has 0 aliphatic carbocycles. The van der Waals surface area contributed by atoms with Gasteiger partial charge in [0.25, 0.3) is 0 Å². The van der Waals surface area contributed by atoms with Crippen LogP contribution in [0.2, 0.25) is 0 Å². The Kier molecular flexibility index (Phi) is 8.49. The number of hydrogen-bond donors (Lipinski definition) is 1. The van der Waals surface area contributed by atoms with E-state index in [0.717, 1.165) is 24.9 Å². The van der Waals surface area contributed by atoms with Gasteiger partial charge >= 0.3 is 18.3 Å². The molecule has 4 heterocycles. The number of benzene rings is 1. The number of carbonyl (C=O) groups is 1. The molecule has 11 nitrogen and oxygen atoms in total. The number of amides is 1. The average Bonchev–Trinajstić information content (AvgIpc) is 3.38. The fourth-order valence-corrected chi connectivity index (χ4v) is 6.10. The molecule has 0 unspecified atom stereocenters. The van der Waals surface area contributed by atoms with Crippen molar-refractivity contribution in [3.8, 4) is 17.8 Å². The van der Waals surface area contributed by atoms with Crippen LogP contribution in [0.25, 0.3) is 0 Å². The van der Waals surface area contributed by atoms with Crippen molar-refractivity contribution in [3.63, 3.8) is 0 Å². The van der Waals surface area contributed by atoms with Crippen LogP contribution in [0.4, 0.5) is 29.5 Å². The molecule has 0 saturated carbocycles. The second kappa shape index (κ2) is 12.1. The number of methoxy groups -OCH3 is 1. The Hall–Kier alpha value is -3.99. The summed E-state index contributed by atoms with van der Waals surface area (Å²) >= 11 is 0. The quantitative estimate of drug-likeness (QED) is 0.513. The fraction of sp³-hybridized carbons (Fsp3) is 0.571. The van der Waals surface area contributed by atoms with E-state index in [1.165, 1.54) is 30.2 Å². The number of halogens is 3. The smallest absolute Gasteiger partial charge is 0.421 e. The SMILES string of the molecule is COc1cccc(N2CCc3c(nc(OC[C@@H]4CCCN4C)nc3N3CCN(C(=O)O)[C@@H](CC#N)C3)C2)c1C(F)(F)F. The number of anilines is 2. The predicted molar refractivity (Wildman–Crippen MR) is 147 cm³/mol. The Morgan fingerprint density at radius 3 is 2.64 bits per heavy atom. The van der Waals surface area contributed by atoms with Gasteiger partial charge in [-0.25, -0.2) is 4.79 Å². The highest BCUT2D eigenvalue weighted by molar-refractivity contribution is 5.67. The summed E-state index contributed by atoms with van der Waals surface area (Å²) in [6.07, 6.45) is -3.28. The highest BCUT2D eigenvalue weighted by atomic mass is 19.4. The zero-order valence-corrected chi connectivity index (χ0v) is 23.6. The van der Waals surface area contributed by atoms with Gasteiger partial charge in [0.2, 0.25) is 0 Å². The van der Waals surface area contributed by atoms with Gasteiger partial charge in [-0.3, -0.25) is 0 Å². The van der Waals surface area contributed by atoms with Crippen LogP contribution in [0.15, 0.2) is 18.2 Å². The van der Waals surface area contributed by atoms with E-state index in [1.807, 2.05) is 11.9 Å². The maximum atomic E-state index is 14.2. The lowest BCUT2D eigenvalue weighted by molar-refractivity contribution is -0.138. The Morgan fingerprint density at radius 1 is 1.17 bits per heavy atom. The largest absolute Gasteiger partial charge is 0.496 e. The van der Waals surface area contributed by atoms with Crippen molar-refractivity contribution in [2.24, 2.45) is 0 Å². The van der Waals surface area contributed by atoms with Crippen molar-refractivity contribution < 1.29 is 32.5 Å². The molecule has 2 aromatic rings. The first-order chi connectivity index (χ1) is 20.1. The third kappa shape index (κ3) is 5.97. The minimum atomic E-state index is -4.62. The Morgan fingerprint density at radius 2 is 1.98 bits per heavy atom. The molecular weight excluding hydrogens is 555 g/mol. The number of nitriles is 1. The van der Waals surface area contributed by atoms with Gasteiger partial charge in [0, 0.05) is 37.8 Å². The van der Waals surface area contributed by atoms with Gasteiger partial charge in [0.05, 0.1) is 43.6 Å². The maximum Gasteiger partial charge on any atom is 0.421 e. The molecule has 1 aromatic heterocycles. The molecule has 2 saturated heterocycles. The summed E-state index contributed by atoms with van der Waals surface area (Å²) in [6, 6.07) is 6.12. The van der Waals surface area contributed by atoms with Crippen molar-refractivity contribution in [3.05, 3.63) is 35.0 Å². The number of likely N-dealkylation sites (N-methyl/N-ethyl adjacent to an activating group) is 1. The van der Waals surface area contributed by atoms with E-state index in [1.54, 1.807) is 4.90 Å². The fourth-order valence-electron chi connectivity index (χ4n) is 6.10. The molecule has 14 heteroatoms. The topological polar surface area (TPSA) is 118 Å². The summed E-state index contributed by atoms with van der Waals surface area (Å²) in [6.45, 7) is 2.51. The number of carboxylic acid groups (broad SMARTS) is 1. The van der Waals surface area contributed by atoms with E-state index in [0.29, 0.717) is 31.1 Å². The first kappa shape index (κ1) is 29.5. The van der Waals surface area contributed by atoms with Crippen molar-refractivity contribution in [2.75, 3.05) is 63.3 Å². The number of alkyl halides is 3. The van der Waals surface area contributed by atoms with E-state index in [-0.39, 0.29) is 56.1 Å². The van der Waals surface area contributed by atoms with Gasteiger partial charge in [-0.05, 0) is 45.0 Å². The van der Waals surface area contributed by atoms with Crippen LogP contribution in [-0.2, 0) is 19.1 Å². The second-order valence-electron chi connectivity index (χ2n) is 10.8. The number of piperazine rings is 1. The Labute approximate surface area is 242 Å². The number of nitrogens with zero attached hydrogens (tertiary/aromatic N) is 7. The normalized spacial score (nSPS) is 21.2. The maximum absolute atomic E-state index is 14.2. The van der Waals surface area contributed by atoms with Crippen molar-refractivity contribution in [1.82, 2.24) is 19.8 Å². The molecule has 3 aliphatic heterocycles. The number of aromatic nitrogens is 2. The third-order valence-corrected chi connectivity index (χ3v) is 8.30. The van der Waals surface area contributed by atoms with E-state index in [2.05, 4.69) is 16.0 Å². The molecular formula is C28H34F3N7O4. The number of likely N-dealkylation sites (tertiary alicyclic amines) is 1. The summed E-state index contributed by atoms with van der Waals surface area (Å²) < 4.78 is 53.6.